The maximum atomic E-state index is 3.51. The summed E-state index contributed by atoms with van der Waals surface area (Å²) < 4.78 is 0. The molecule has 72 valence electrons. The average molecular weight is 169 g/mol. The highest BCUT2D eigenvalue weighted by atomic mass is 14.9. The molecule has 0 aromatic carbocycles. The summed E-state index contributed by atoms with van der Waals surface area (Å²) in [4.78, 5) is 0. The smallest absolute Gasteiger partial charge is 0.0175 e. The first kappa shape index (κ1) is 10.0. The van der Waals surface area contributed by atoms with Gasteiger partial charge < -0.3 is 5.32 Å². The molecule has 1 nitrogen and oxygen atoms in total. The van der Waals surface area contributed by atoms with Crippen LogP contribution in [0, 0.1) is 5.92 Å². The molecule has 1 aliphatic rings. The molecule has 1 rings (SSSR count). The second kappa shape index (κ2) is 4.27. The lowest BCUT2D eigenvalue weighted by atomic mass is 9.74. The van der Waals surface area contributed by atoms with Crippen molar-refractivity contribution in [3.05, 3.63) is 0 Å². The van der Waals surface area contributed by atoms with Crippen molar-refractivity contribution in [3.8, 4) is 0 Å². The molecule has 0 heterocycles. The Kier molecular flexibility index (Phi) is 3.57. The Morgan fingerprint density at radius 1 is 1.25 bits per heavy atom. The van der Waals surface area contributed by atoms with Gasteiger partial charge in [-0.05, 0) is 32.2 Å². The highest BCUT2D eigenvalue weighted by molar-refractivity contribution is 4.88. The van der Waals surface area contributed by atoms with Crippen LogP contribution in [0.1, 0.15) is 52.4 Å². The second-order valence-corrected chi connectivity index (χ2v) is 4.24. The Hall–Kier alpha value is -0.0400. The van der Waals surface area contributed by atoms with Gasteiger partial charge in [0.05, 0.1) is 0 Å². The zero-order valence-electron chi connectivity index (χ0n) is 8.82. The first-order chi connectivity index (χ1) is 5.76. The van der Waals surface area contributed by atoms with E-state index in [-0.39, 0.29) is 0 Å². The van der Waals surface area contributed by atoms with Gasteiger partial charge in [0.15, 0.2) is 0 Å². The third kappa shape index (κ3) is 2.01. The molecule has 1 heteroatoms. The SMILES string of the molecule is CCC(CC)(CC1CCC1)NC. The van der Waals surface area contributed by atoms with E-state index in [1.54, 1.807) is 0 Å². The first-order valence-corrected chi connectivity index (χ1v) is 5.45. The predicted octanol–water partition coefficient (Wildman–Crippen LogP) is 2.95. The molecule has 0 amide bonds. The molecule has 0 spiro atoms. The number of nitrogens with one attached hydrogen (secondary N) is 1. The fourth-order valence-electron chi connectivity index (χ4n) is 2.24. The molecular weight excluding hydrogens is 146 g/mol. The minimum Gasteiger partial charge on any atom is -0.314 e. The van der Waals surface area contributed by atoms with Gasteiger partial charge in [-0.2, -0.15) is 0 Å². The van der Waals surface area contributed by atoms with E-state index in [2.05, 4.69) is 26.2 Å². The van der Waals surface area contributed by atoms with E-state index in [1.807, 2.05) is 0 Å². The predicted molar refractivity (Wildman–Crippen MR) is 54.3 cm³/mol. The van der Waals surface area contributed by atoms with Gasteiger partial charge in [-0.1, -0.05) is 33.1 Å². The van der Waals surface area contributed by atoms with Crippen molar-refractivity contribution in [1.29, 1.82) is 0 Å². The van der Waals surface area contributed by atoms with Crippen molar-refractivity contribution >= 4 is 0 Å². The molecule has 1 aliphatic carbocycles. The van der Waals surface area contributed by atoms with Crippen LogP contribution in [0.25, 0.3) is 0 Å². The third-order valence-corrected chi connectivity index (χ3v) is 3.79. The van der Waals surface area contributed by atoms with Crippen LogP contribution < -0.4 is 5.32 Å². The molecule has 0 bridgehead atoms. The van der Waals surface area contributed by atoms with Crippen LogP contribution in [-0.4, -0.2) is 12.6 Å². The van der Waals surface area contributed by atoms with Crippen LogP contribution in [0.4, 0.5) is 0 Å². The van der Waals surface area contributed by atoms with Gasteiger partial charge in [0.25, 0.3) is 0 Å². The molecule has 0 aromatic heterocycles. The minimum absolute atomic E-state index is 0.449. The van der Waals surface area contributed by atoms with Crippen LogP contribution in [0.5, 0.6) is 0 Å². The van der Waals surface area contributed by atoms with Gasteiger partial charge in [-0.15, -0.1) is 0 Å². The molecule has 0 saturated heterocycles. The van der Waals surface area contributed by atoms with Gasteiger partial charge in [0.2, 0.25) is 0 Å². The van der Waals surface area contributed by atoms with Gasteiger partial charge in [-0.25, -0.2) is 0 Å². The summed E-state index contributed by atoms with van der Waals surface area (Å²) >= 11 is 0. The topological polar surface area (TPSA) is 12.0 Å². The van der Waals surface area contributed by atoms with Crippen molar-refractivity contribution in [2.24, 2.45) is 5.92 Å². The molecule has 0 aromatic rings. The van der Waals surface area contributed by atoms with Crippen molar-refractivity contribution in [1.82, 2.24) is 5.32 Å². The van der Waals surface area contributed by atoms with E-state index in [4.69, 9.17) is 0 Å². The standard InChI is InChI=1S/C11H23N/c1-4-11(5-2,12-3)9-10-7-6-8-10/h10,12H,4-9H2,1-3H3. The summed E-state index contributed by atoms with van der Waals surface area (Å²) in [5, 5.41) is 3.51. The highest BCUT2D eigenvalue weighted by Crippen LogP contribution is 2.35. The summed E-state index contributed by atoms with van der Waals surface area (Å²) in [6, 6.07) is 0. The molecule has 1 saturated carbocycles. The van der Waals surface area contributed by atoms with Crippen molar-refractivity contribution in [3.63, 3.8) is 0 Å². The van der Waals surface area contributed by atoms with E-state index < -0.39 is 0 Å². The number of hydrogen-bond donors (Lipinski definition) is 1. The molecule has 0 aliphatic heterocycles. The van der Waals surface area contributed by atoms with Crippen LogP contribution in [0.3, 0.4) is 0 Å². The molecule has 1 fully saturated rings. The molecule has 0 unspecified atom stereocenters. The zero-order chi connectivity index (χ0) is 9.03. The lowest BCUT2D eigenvalue weighted by molar-refractivity contribution is 0.188. The Labute approximate surface area is 76.9 Å². The van der Waals surface area contributed by atoms with E-state index >= 15 is 0 Å². The Bertz CT molecular complexity index is 115. The molecule has 0 radical (unpaired) electrons. The summed E-state index contributed by atoms with van der Waals surface area (Å²) in [6.07, 6.45) is 8.37. The van der Waals surface area contributed by atoms with Crippen LogP contribution >= 0.6 is 0 Å². The lowest BCUT2D eigenvalue weighted by Crippen LogP contribution is -2.44. The van der Waals surface area contributed by atoms with E-state index in [0.717, 1.165) is 5.92 Å². The second-order valence-electron chi connectivity index (χ2n) is 4.24. The highest BCUT2D eigenvalue weighted by Gasteiger charge is 2.30. The molecular formula is C11H23N. The van der Waals surface area contributed by atoms with E-state index in [9.17, 15) is 0 Å². The normalized spacial score (nSPS) is 19.2. The molecule has 12 heavy (non-hydrogen) atoms. The summed E-state index contributed by atoms with van der Waals surface area (Å²) in [7, 11) is 2.12. The third-order valence-electron chi connectivity index (χ3n) is 3.79. The Morgan fingerprint density at radius 2 is 1.83 bits per heavy atom. The quantitative estimate of drug-likeness (QED) is 0.667. The van der Waals surface area contributed by atoms with Crippen molar-refractivity contribution < 1.29 is 0 Å². The first-order valence-electron chi connectivity index (χ1n) is 5.45. The van der Waals surface area contributed by atoms with Crippen molar-refractivity contribution in [2.75, 3.05) is 7.05 Å². The monoisotopic (exact) mass is 169 g/mol. The fourth-order valence-corrected chi connectivity index (χ4v) is 2.24. The van der Waals surface area contributed by atoms with Gasteiger partial charge in [-0.3, -0.25) is 0 Å². The Morgan fingerprint density at radius 3 is 2.08 bits per heavy atom. The molecule has 1 N–H and O–H groups in total. The van der Waals surface area contributed by atoms with E-state index in [1.165, 1.54) is 38.5 Å². The van der Waals surface area contributed by atoms with Crippen molar-refractivity contribution in [2.45, 2.75) is 57.9 Å². The van der Waals surface area contributed by atoms with Gasteiger partial charge >= 0.3 is 0 Å². The van der Waals surface area contributed by atoms with Gasteiger partial charge in [0, 0.05) is 5.54 Å². The van der Waals surface area contributed by atoms with E-state index in [0.29, 0.717) is 5.54 Å². The largest absolute Gasteiger partial charge is 0.314 e. The minimum atomic E-state index is 0.449. The Balaban J connectivity index is 2.39. The van der Waals surface area contributed by atoms with Crippen LogP contribution in [-0.2, 0) is 0 Å². The fraction of sp³-hybridized carbons (Fsp3) is 1.00. The van der Waals surface area contributed by atoms with Crippen LogP contribution in [0.2, 0.25) is 0 Å². The maximum absolute atomic E-state index is 3.51. The van der Waals surface area contributed by atoms with Crippen LogP contribution in [0.15, 0.2) is 0 Å². The summed E-state index contributed by atoms with van der Waals surface area (Å²) in [5.74, 6) is 1.03. The van der Waals surface area contributed by atoms with Gasteiger partial charge in [0.1, 0.15) is 0 Å². The number of hydrogen-bond acceptors (Lipinski definition) is 1. The lowest BCUT2D eigenvalue weighted by Gasteiger charge is -2.38. The molecule has 0 atom stereocenters. The zero-order valence-corrected chi connectivity index (χ0v) is 8.82. The average Bonchev–Trinajstić information content (AvgIpc) is 2.05. The maximum Gasteiger partial charge on any atom is 0.0175 e. The summed E-state index contributed by atoms with van der Waals surface area (Å²) in [6.45, 7) is 4.61. The number of rotatable bonds is 5. The summed E-state index contributed by atoms with van der Waals surface area (Å²) in [5.41, 5.74) is 0.449.